The van der Waals surface area contributed by atoms with Crippen LogP contribution >= 0.6 is 11.8 Å². The number of aryl methyl sites for hydroxylation is 1. The minimum atomic E-state index is 0.621. The zero-order chi connectivity index (χ0) is 12.7. The normalized spacial score (nSPS) is 12.2. The molecule has 0 saturated carbocycles. The third kappa shape index (κ3) is 5.26. The van der Waals surface area contributed by atoms with Crippen LogP contribution < -0.4 is 10.1 Å². The molecule has 1 aromatic rings. The average Bonchev–Trinajstić information content (AvgIpc) is 2.26. The Hall–Kier alpha value is -0.970. The Bertz CT molecular complexity index is 347. The molecule has 0 aromatic carbocycles. The summed E-state index contributed by atoms with van der Waals surface area (Å²) in [6.07, 6.45) is 2.12. The molecule has 1 unspecified atom stereocenters. The summed E-state index contributed by atoms with van der Waals surface area (Å²) in [6.45, 7) is 7.59. The maximum absolute atomic E-state index is 5.39. The van der Waals surface area contributed by atoms with Crippen molar-refractivity contribution in [1.29, 1.82) is 0 Å². The number of aromatic nitrogens is 2. The third-order valence-electron chi connectivity index (χ3n) is 2.19. The smallest absolute Gasteiger partial charge is 0.218 e. The quantitative estimate of drug-likeness (QED) is 0.811. The van der Waals surface area contributed by atoms with Gasteiger partial charge in [-0.15, -0.1) is 0 Å². The summed E-state index contributed by atoms with van der Waals surface area (Å²) < 4.78 is 5.39. The first-order chi connectivity index (χ1) is 8.15. The lowest BCUT2D eigenvalue weighted by Crippen LogP contribution is -2.14. The molecule has 0 bridgehead atoms. The molecule has 0 fully saturated rings. The van der Waals surface area contributed by atoms with Crippen molar-refractivity contribution in [2.75, 3.05) is 30.5 Å². The first-order valence-electron chi connectivity index (χ1n) is 5.87. The summed E-state index contributed by atoms with van der Waals surface area (Å²) in [5.74, 6) is 3.98. The predicted octanol–water partition coefficient (Wildman–Crippen LogP) is 2.59. The molecule has 17 heavy (non-hydrogen) atoms. The van der Waals surface area contributed by atoms with E-state index in [2.05, 4.69) is 28.5 Å². The van der Waals surface area contributed by atoms with Gasteiger partial charge in [0.25, 0.3) is 0 Å². The molecule has 1 rings (SSSR count). The van der Waals surface area contributed by atoms with Crippen molar-refractivity contribution in [3.8, 4) is 5.88 Å². The molecule has 0 amide bonds. The standard InChI is InChI=1S/C12H21N3OS/c1-5-16-12-6-11(14-10(3)15-12)13-7-9(2)8-17-4/h6,9H,5,7-8H2,1-4H3,(H,13,14,15). The lowest BCUT2D eigenvalue weighted by atomic mass is 10.2. The number of rotatable bonds is 7. The molecule has 0 spiro atoms. The molecular weight excluding hydrogens is 234 g/mol. The highest BCUT2D eigenvalue weighted by Crippen LogP contribution is 2.14. The van der Waals surface area contributed by atoms with Crippen molar-refractivity contribution < 1.29 is 4.74 Å². The van der Waals surface area contributed by atoms with Crippen molar-refractivity contribution in [3.63, 3.8) is 0 Å². The Labute approximate surface area is 108 Å². The fourth-order valence-electron chi connectivity index (χ4n) is 1.47. The molecule has 96 valence electrons. The van der Waals surface area contributed by atoms with Crippen molar-refractivity contribution in [2.45, 2.75) is 20.8 Å². The zero-order valence-electron chi connectivity index (χ0n) is 11.0. The fraction of sp³-hybridized carbons (Fsp3) is 0.667. The lowest BCUT2D eigenvalue weighted by Gasteiger charge is -2.12. The van der Waals surface area contributed by atoms with E-state index in [1.165, 1.54) is 0 Å². The van der Waals surface area contributed by atoms with Gasteiger partial charge < -0.3 is 10.1 Å². The number of hydrogen-bond acceptors (Lipinski definition) is 5. The van der Waals surface area contributed by atoms with Crippen LogP contribution in [0.3, 0.4) is 0 Å². The van der Waals surface area contributed by atoms with Crippen LogP contribution in [0.5, 0.6) is 5.88 Å². The fourth-order valence-corrected chi connectivity index (χ4v) is 2.16. The second-order valence-corrected chi connectivity index (χ2v) is 4.92. The van der Waals surface area contributed by atoms with E-state index in [-0.39, 0.29) is 0 Å². The topological polar surface area (TPSA) is 47.0 Å². The summed E-state index contributed by atoms with van der Waals surface area (Å²) in [4.78, 5) is 8.55. The molecule has 0 radical (unpaired) electrons. The van der Waals surface area contributed by atoms with Gasteiger partial charge in [0.1, 0.15) is 11.6 Å². The van der Waals surface area contributed by atoms with Gasteiger partial charge in [0, 0.05) is 12.6 Å². The number of hydrogen-bond donors (Lipinski definition) is 1. The molecule has 1 heterocycles. The predicted molar refractivity (Wildman–Crippen MR) is 74.0 cm³/mol. The van der Waals surface area contributed by atoms with Gasteiger partial charge in [0.05, 0.1) is 6.61 Å². The van der Waals surface area contributed by atoms with E-state index in [9.17, 15) is 0 Å². The minimum absolute atomic E-state index is 0.621. The van der Waals surface area contributed by atoms with Gasteiger partial charge in [-0.2, -0.15) is 16.7 Å². The van der Waals surface area contributed by atoms with E-state index in [1.54, 1.807) is 0 Å². The van der Waals surface area contributed by atoms with Crippen molar-refractivity contribution >= 4 is 17.6 Å². The van der Waals surface area contributed by atoms with E-state index in [4.69, 9.17) is 4.74 Å². The van der Waals surface area contributed by atoms with Gasteiger partial charge in [-0.05, 0) is 31.8 Å². The zero-order valence-corrected chi connectivity index (χ0v) is 11.8. The highest BCUT2D eigenvalue weighted by molar-refractivity contribution is 7.98. The highest BCUT2D eigenvalue weighted by atomic mass is 32.2. The molecule has 0 aliphatic carbocycles. The first kappa shape index (κ1) is 14.1. The van der Waals surface area contributed by atoms with Crippen molar-refractivity contribution in [2.24, 2.45) is 5.92 Å². The van der Waals surface area contributed by atoms with Crippen LogP contribution in [0.4, 0.5) is 5.82 Å². The summed E-state index contributed by atoms with van der Waals surface area (Å²) in [6, 6.07) is 1.85. The molecule has 1 N–H and O–H groups in total. The minimum Gasteiger partial charge on any atom is -0.478 e. The van der Waals surface area contributed by atoms with Gasteiger partial charge in [0.2, 0.25) is 5.88 Å². The van der Waals surface area contributed by atoms with E-state index >= 15 is 0 Å². The maximum Gasteiger partial charge on any atom is 0.218 e. The Morgan fingerprint density at radius 1 is 1.47 bits per heavy atom. The lowest BCUT2D eigenvalue weighted by molar-refractivity contribution is 0.325. The number of ether oxygens (including phenoxy) is 1. The van der Waals surface area contributed by atoms with Crippen molar-refractivity contribution in [1.82, 2.24) is 9.97 Å². The van der Waals surface area contributed by atoms with Crippen LogP contribution in [0.25, 0.3) is 0 Å². The number of anilines is 1. The summed E-state index contributed by atoms with van der Waals surface area (Å²) in [5.41, 5.74) is 0. The van der Waals surface area contributed by atoms with Crippen LogP contribution in [0.1, 0.15) is 19.7 Å². The number of nitrogens with one attached hydrogen (secondary N) is 1. The van der Waals surface area contributed by atoms with E-state index in [0.29, 0.717) is 18.4 Å². The van der Waals surface area contributed by atoms with Gasteiger partial charge in [-0.1, -0.05) is 6.92 Å². The molecule has 1 atom stereocenters. The van der Waals surface area contributed by atoms with Crippen LogP contribution in [-0.4, -0.2) is 35.1 Å². The van der Waals surface area contributed by atoms with Gasteiger partial charge >= 0.3 is 0 Å². The Morgan fingerprint density at radius 3 is 2.88 bits per heavy atom. The molecule has 0 saturated heterocycles. The van der Waals surface area contributed by atoms with Gasteiger partial charge in [0.15, 0.2) is 0 Å². The summed E-state index contributed by atoms with van der Waals surface area (Å²) in [7, 11) is 0. The Morgan fingerprint density at radius 2 is 2.24 bits per heavy atom. The summed E-state index contributed by atoms with van der Waals surface area (Å²) >= 11 is 1.86. The van der Waals surface area contributed by atoms with E-state index < -0.39 is 0 Å². The number of thioether (sulfide) groups is 1. The SMILES string of the molecule is CCOc1cc(NCC(C)CSC)nc(C)n1. The first-order valence-corrected chi connectivity index (χ1v) is 7.26. The van der Waals surface area contributed by atoms with E-state index in [1.807, 2.05) is 31.7 Å². The molecule has 0 aliphatic heterocycles. The largest absolute Gasteiger partial charge is 0.478 e. The van der Waals surface area contributed by atoms with Crippen LogP contribution in [0, 0.1) is 12.8 Å². The van der Waals surface area contributed by atoms with Crippen molar-refractivity contribution in [3.05, 3.63) is 11.9 Å². The monoisotopic (exact) mass is 255 g/mol. The maximum atomic E-state index is 5.39. The average molecular weight is 255 g/mol. The molecule has 0 aliphatic rings. The van der Waals surface area contributed by atoms with Gasteiger partial charge in [-0.3, -0.25) is 0 Å². The third-order valence-corrected chi connectivity index (χ3v) is 3.09. The Balaban J connectivity index is 2.57. The summed E-state index contributed by atoms with van der Waals surface area (Å²) in [5, 5.41) is 3.32. The Kier molecular flexibility index (Phi) is 6.11. The highest BCUT2D eigenvalue weighted by Gasteiger charge is 2.04. The molecular formula is C12H21N3OS. The van der Waals surface area contributed by atoms with E-state index in [0.717, 1.165) is 23.9 Å². The number of nitrogens with zero attached hydrogens (tertiary/aromatic N) is 2. The van der Waals surface area contributed by atoms with Crippen LogP contribution in [-0.2, 0) is 0 Å². The second-order valence-electron chi connectivity index (χ2n) is 4.01. The van der Waals surface area contributed by atoms with Crippen LogP contribution in [0.2, 0.25) is 0 Å². The van der Waals surface area contributed by atoms with Gasteiger partial charge in [-0.25, -0.2) is 4.98 Å². The molecule has 5 heteroatoms. The second kappa shape index (κ2) is 7.37. The molecule has 1 aromatic heterocycles. The van der Waals surface area contributed by atoms with Crippen LogP contribution in [0.15, 0.2) is 6.07 Å². The molecule has 4 nitrogen and oxygen atoms in total.